The second-order valence-electron chi connectivity index (χ2n) is 7.21. The van der Waals surface area contributed by atoms with Gasteiger partial charge in [-0.3, -0.25) is 14.4 Å². The van der Waals surface area contributed by atoms with Gasteiger partial charge >= 0.3 is 0 Å². The monoisotopic (exact) mass is 377 g/mol. The van der Waals surface area contributed by atoms with Crippen molar-refractivity contribution in [2.45, 2.75) is 31.8 Å². The Morgan fingerprint density at radius 2 is 1.75 bits per heavy atom. The molecule has 1 fully saturated rings. The number of fused-ring (bicyclic) bond motifs is 2. The number of carbonyl (C=O) groups is 3. The summed E-state index contributed by atoms with van der Waals surface area (Å²) in [6.07, 6.45) is 2.44. The first-order valence-corrected chi connectivity index (χ1v) is 9.67. The Kier molecular flexibility index (Phi) is 5.10. The first-order valence-electron chi connectivity index (χ1n) is 9.67. The van der Waals surface area contributed by atoms with E-state index in [1.54, 1.807) is 29.2 Å². The van der Waals surface area contributed by atoms with Gasteiger partial charge in [0.2, 0.25) is 11.8 Å². The van der Waals surface area contributed by atoms with Crippen LogP contribution in [-0.2, 0) is 16.1 Å². The highest BCUT2D eigenvalue weighted by atomic mass is 16.2. The van der Waals surface area contributed by atoms with Crippen LogP contribution in [0.25, 0.3) is 0 Å². The number of carbonyl (C=O) groups excluding carboxylic acids is 3. The molecule has 1 N–H and O–H groups in total. The van der Waals surface area contributed by atoms with Gasteiger partial charge in [-0.1, -0.05) is 42.5 Å². The van der Waals surface area contributed by atoms with Crippen LogP contribution >= 0.6 is 0 Å². The molecule has 2 heterocycles. The van der Waals surface area contributed by atoms with E-state index in [1.165, 1.54) is 4.90 Å². The summed E-state index contributed by atoms with van der Waals surface area (Å²) in [6, 6.07) is 16.2. The SMILES string of the molecule is O=C(CN1C(=O)C2CCCCN2C(=O)c2ccccc21)NCc1ccccc1. The molecule has 28 heavy (non-hydrogen) atoms. The van der Waals surface area contributed by atoms with Gasteiger partial charge in [0, 0.05) is 13.1 Å². The van der Waals surface area contributed by atoms with Gasteiger partial charge < -0.3 is 15.1 Å². The fourth-order valence-electron chi connectivity index (χ4n) is 3.93. The lowest BCUT2D eigenvalue weighted by atomic mass is 10.0. The van der Waals surface area contributed by atoms with Gasteiger partial charge in [0.1, 0.15) is 12.6 Å². The molecule has 0 aliphatic carbocycles. The number of piperidine rings is 1. The van der Waals surface area contributed by atoms with Crippen molar-refractivity contribution in [3.8, 4) is 0 Å². The van der Waals surface area contributed by atoms with Crippen molar-refractivity contribution in [2.24, 2.45) is 0 Å². The van der Waals surface area contributed by atoms with Gasteiger partial charge in [-0.15, -0.1) is 0 Å². The number of anilines is 1. The topological polar surface area (TPSA) is 69.7 Å². The summed E-state index contributed by atoms with van der Waals surface area (Å²) in [5, 5.41) is 2.87. The Morgan fingerprint density at radius 3 is 2.57 bits per heavy atom. The number of amides is 3. The molecule has 2 aromatic carbocycles. The van der Waals surface area contributed by atoms with E-state index in [9.17, 15) is 14.4 Å². The molecule has 4 rings (SSSR count). The Morgan fingerprint density at radius 1 is 1.00 bits per heavy atom. The zero-order valence-electron chi connectivity index (χ0n) is 15.6. The predicted molar refractivity (Wildman–Crippen MR) is 106 cm³/mol. The minimum atomic E-state index is -0.490. The molecular formula is C22H23N3O3. The molecule has 2 aromatic rings. The van der Waals surface area contributed by atoms with Crippen LogP contribution in [0.2, 0.25) is 0 Å². The Bertz CT molecular complexity index is 897. The summed E-state index contributed by atoms with van der Waals surface area (Å²) in [7, 11) is 0. The quantitative estimate of drug-likeness (QED) is 0.889. The molecule has 6 heteroatoms. The summed E-state index contributed by atoms with van der Waals surface area (Å²) in [5.41, 5.74) is 1.99. The van der Waals surface area contributed by atoms with Gasteiger partial charge in [-0.05, 0) is 37.0 Å². The fraction of sp³-hybridized carbons (Fsp3) is 0.318. The van der Waals surface area contributed by atoms with Crippen molar-refractivity contribution in [3.05, 3.63) is 65.7 Å². The van der Waals surface area contributed by atoms with Gasteiger partial charge in [0.15, 0.2) is 0 Å². The number of hydrogen-bond donors (Lipinski definition) is 1. The molecule has 144 valence electrons. The average molecular weight is 377 g/mol. The second kappa shape index (κ2) is 7.84. The third-order valence-corrected chi connectivity index (χ3v) is 5.37. The van der Waals surface area contributed by atoms with E-state index >= 15 is 0 Å². The summed E-state index contributed by atoms with van der Waals surface area (Å²) in [6.45, 7) is 0.885. The van der Waals surface area contributed by atoms with E-state index in [4.69, 9.17) is 0 Å². The molecule has 0 saturated carbocycles. The van der Waals surface area contributed by atoms with Crippen molar-refractivity contribution in [1.29, 1.82) is 0 Å². The summed E-state index contributed by atoms with van der Waals surface area (Å²) >= 11 is 0. The van der Waals surface area contributed by atoms with Crippen molar-refractivity contribution >= 4 is 23.4 Å². The van der Waals surface area contributed by atoms with Crippen molar-refractivity contribution in [3.63, 3.8) is 0 Å². The predicted octanol–water partition coefficient (Wildman–Crippen LogP) is 2.34. The summed E-state index contributed by atoms with van der Waals surface area (Å²) < 4.78 is 0. The average Bonchev–Trinajstić information content (AvgIpc) is 2.83. The molecule has 0 bridgehead atoms. The van der Waals surface area contributed by atoms with Crippen LogP contribution in [0.1, 0.15) is 35.2 Å². The van der Waals surface area contributed by atoms with E-state index in [-0.39, 0.29) is 24.3 Å². The number of nitrogens with zero attached hydrogens (tertiary/aromatic N) is 2. The maximum absolute atomic E-state index is 13.2. The van der Waals surface area contributed by atoms with E-state index in [0.29, 0.717) is 30.8 Å². The van der Waals surface area contributed by atoms with Crippen LogP contribution < -0.4 is 10.2 Å². The molecule has 3 amide bonds. The zero-order valence-corrected chi connectivity index (χ0v) is 15.6. The number of benzene rings is 2. The highest BCUT2D eigenvalue weighted by molar-refractivity contribution is 6.12. The molecular weight excluding hydrogens is 354 g/mol. The lowest BCUT2D eigenvalue weighted by Crippen LogP contribution is -2.52. The number of para-hydroxylation sites is 1. The molecule has 1 atom stereocenters. The number of rotatable bonds is 4. The van der Waals surface area contributed by atoms with E-state index in [1.807, 2.05) is 30.3 Å². The van der Waals surface area contributed by atoms with E-state index in [0.717, 1.165) is 18.4 Å². The van der Waals surface area contributed by atoms with E-state index < -0.39 is 6.04 Å². The molecule has 1 saturated heterocycles. The number of nitrogens with one attached hydrogen (secondary N) is 1. The minimum absolute atomic E-state index is 0.0969. The van der Waals surface area contributed by atoms with Crippen LogP contribution in [0.15, 0.2) is 54.6 Å². The molecule has 0 spiro atoms. The third-order valence-electron chi connectivity index (χ3n) is 5.37. The van der Waals surface area contributed by atoms with Gasteiger partial charge in [0.25, 0.3) is 5.91 Å². The Hall–Kier alpha value is -3.15. The largest absolute Gasteiger partial charge is 0.350 e. The molecule has 2 aliphatic rings. The van der Waals surface area contributed by atoms with Gasteiger partial charge in [0.05, 0.1) is 11.3 Å². The molecule has 1 unspecified atom stereocenters. The van der Waals surface area contributed by atoms with Gasteiger partial charge in [-0.2, -0.15) is 0 Å². The van der Waals surface area contributed by atoms with Crippen molar-refractivity contribution in [2.75, 3.05) is 18.0 Å². The molecule has 0 aromatic heterocycles. The standard InChI is InChI=1S/C22H23N3O3/c26-20(23-14-16-8-2-1-3-9-16)15-25-18-11-5-4-10-17(18)21(27)24-13-7-6-12-19(24)22(25)28/h1-5,8-11,19H,6-7,12-15H2,(H,23,26). The molecule has 6 nitrogen and oxygen atoms in total. The first kappa shape index (κ1) is 18.2. The minimum Gasteiger partial charge on any atom is -0.350 e. The molecule has 2 aliphatic heterocycles. The Balaban J connectivity index is 1.57. The summed E-state index contributed by atoms with van der Waals surface area (Å²) in [4.78, 5) is 42.0. The lowest BCUT2D eigenvalue weighted by Gasteiger charge is -2.34. The van der Waals surface area contributed by atoms with Crippen LogP contribution in [0.5, 0.6) is 0 Å². The Labute approximate surface area is 164 Å². The van der Waals surface area contributed by atoms with Crippen LogP contribution in [-0.4, -0.2) is 41.8 Å². The smallest absolute Gasteiger partial charge is 0.256 e. The maximum atomic E-state index is 13.2. The van der Waals surface area contributed by atoms with Crippen molar-refractivity contribution in [1.82, 2.24) is 10.2 Å². The van der Waals surface area contributed by atoms with Crippen LogP contribution in [0.3, 0.4) is 0 Å². The van der Waals surface area contributed by atoms with Crippen molar-refractivity contribution < 1.29 is 14.4 Å². The normalized spacial score (nSPS) is 18.9. The highest BCUT2D eigenvalue weighted by Crippen LogP contribution is 2.31. The fourth-order valence-corrected chi connectivity index (χ4v) is 3.93. The van der Waals surface area contributed by atoms with E-state index in [2.05, 4.69) is 5.32 Å². The lowest BCUT2D eigenvalue weighted by molar-refractivity contribution is -0.126. The molecule has 0 radical (unpaired) electrons. The summed E-state index contributed by atoms with van der Waals surface area (Å²) in [5.74, 6) is -0.544. The van der Waals surface area contributed by atoms with Crippen LogP contribution in [0.4, 0.5) is 5.69 Å². The zero-order chi connectivity index (χ0) is 19.5. The first-order chi connectivity index (χ1) is 13.6. The van der Waals surface area contributed by atoms with Gasteiger partial charge in [-0.25, -0.2) is 0 Å². The highest BCUT2D eigenvalue weighted by Gasteiger charge is 2.40. The third kappa shape index (κ3) is 3.50. The number of hydrogen-bond acceptors (Lipinski definition) is 3. The maximum Gasteiger partial charge on any atom is 0.256 e. The second-order valence-corrected chi connectivity index (χ2v) is 7.21. The van der Waals surface area contributed by atoms with Crippen LogP contribution in [0, 0.1) is 0 Å².